The number of hydrogen-bond acceptors (Lipinski definition) is 15. The molecule has 2 rings (SSSR count). The highest BCUT2D eigenvalue weighted by atomic mass is 32.2. The van der Waals surface area contributed by atoms with E-state index in [0.29, 0.717) is 5.75 Å². The number of rotatable bonds is 20. The number of nitrogens with one attached hydrogen (secondary N) is 4. The third-order valence-electron chi connectivity index (χ3n) is 19.1. The first-order valence-electron chi connectivity index (χ1n) is 34.6. The first-order chi connectivity index (χ1) is 44.2. The minimum Gasteiger partial charge on any atom is -0.390 e. The topological polar surface area (TPSA) is 302 Å². The minimum atomic E-state index is -1.66. The van der Waals surface area contributed by atoms with Crippen molar-refractivity contribution in [2.24, 2.45) is 35.5 Å². The summed E-state index contributed by atoms with van der Waals surface area (Å²) in [5.74, 6) is -9.93. The standard InChI is InChI=1S/C70H126N12O13S/c1-28-30-31-45(15)56(83)55-60(87)73-48(29-2)62(89)81(26)68(96-38-70(32-33-70)82(27)44(13)14)67(94)78(23)52(37-69(18,19)95)59(86)74-53(42(9)10)65(92)75(20)49(34-39(3)4)58(85)71-46(16)57(84)72-47(17)61(88)76(21)50(35-40(5)6)63(90)77(22)51(36-41(7)8)64(91)79(24)54(43(11)12)66(93)80(55)25/h28,30,39-56,68,83,95H,29,31-38H2,1-27H3,(H,71,85)(H,72,84)(H,73,87)(H,74,86)/t45-,46-,47+,48-,49-,50-,51-,52+,53-,54-,55?,56-,68?/m1/s1. The van der Waals surface area contributed by atoms with Crippen molar-refractivity contribution in [2.75, 3.05) is 62.1 Å². The molecular weight excluding hydrogens is 1250 g/mol. The van der Waals surface area contributed by atoms with E-state index in [9.17, 15) is 29.4 Å². The lowest BCUT2D eigenvalue weighted by Gasteiger charge is -2.41. The molecule has 1 saturated heterocycles. The van der Waals surface area contributed by atoms with E-state index in [4.69, 9.17) is 0 Å². The maximum Gasteiger partial charge on any atom is 0.256 e. The number of likely N-dealkylation sites (N-methyl/N-ethyl adjacent to an activating group) is 7. The van der Waals surface area contributed by atoms with E-state index in [-0.39, 0.29) is 67.9 Å². The Hall–Kier alpha value is -5.86. The third-order valence-corrected chi connectivity index (χ3v) is 20.6. The molecule has 2 fully saturated rings. The van der Waals surface area contributed by atoms with Gasteiger partial charge in [-0.05, 0) is 136 Å². The summed E-state index contributed by atoms with van der Waals surface area (Å²) in [4.78, 5) is 176. The van der Waals surface area contributed by atoms with Crippen molar-refractivity contribution in [3.63, 3.8) is 0 Å². The smallest absolute Gasteiger partial charge is 0.256 e. The van der Waals surface area contributed by atoms with Crippen LogP contribution in [0.15, 0.2) is 12.2 Å². The molecule has 2 aliphatic rings. The molecule has 1 aliphatic carbocycles. The van der Waals surface area contributed by atoms with Gasteiger partial charge in [0.05, 0.1) is 11.7 Å². The lowest BCUT2D eigenvalue weighted by molar-refractivity contribution is -0.157. The number of carbonyl (C=O) groups excluding carboxylic acids is 11. The van der Waals surface area contributed by atoms with Gasteiger partial charge in [-0.3, -0.25) is 57.6 Å². The second-order valence-electron chi connectivity index (χ2n) is 30.3. The van der Waals surface area contributed by atoms with E-state index in [0.717, 1.165) is 22.6 Å². The van der Waals surface area contributed by atoms with Crippen molar-refractivity contribution in [1.29, 1.82) is 0 Å². The fourth-order valence-corrected chi connectivity index (χ4v) is 14.0. The Morgan fingerprint density at radius 2 is 0.990 bits per heavy atom. The Morgan fingerprint density at radius 3 is 1.44 bits per heavy atom. The summed E-state index contributed by atoms with van der Waals surface area (Å²) in [7, 11) is 11.9. The van der Waals surface area contributed by atoms with Crippen molar-refractivity contribution in [3.05, 3.63) is 12.2 Å². The number of carbonyl (C=O) groups is 11. The predicted octanol–water partition coefficient (Wildman–Crippen LogP) is 4.32. The quantitative estimate of drug-likeness (QED) is 0.0926. The first kappa shape index (κ1) is 86.2. The van der Waals surface area contributed by atoms with E-state index >= 15 is 33.6 Å². The molecule has 1 saturated carbocycles. The van der Waals surface area contributed by atoms with Gasteiger partial charge in [0.1, 0.15) is 60.4 Å². The zero-order valence-electron chi connectivity index (χ0n) is 63.4. The lowest BCUT2D eigenvalue weighted by atomic mass is 9.91. The second-order valence-corrected chi connectivity index (χ2v) is 31.3. The molecule has 550 valence electrons. The van der Waals surface area contributed by atoms with E-state index in [2.05, 4.69) is 40.0 Å². The number of nitrogens with zero attached hydrogens (tertiary/aromatic N) is 8. The number of aliphatic hydroxyl groups is 2. The van der Waals surface area contributed by atoms with Gasteiger partial charge in [0.2, 0.25) is 59.1 Å². The van der Waals surface area contributed by atoms with E-state index in [1.165, 1.54) is 113 Å². The lowest BCUT2D eigenvalue weighted by Crippen LogP contribution is -2.64. The molecule has 96 heavy (non-hydrogen) atoms. The summed E-state index contributed by atoms with van der Waals surface area (Å²) >= 11 is 1.18. The normalized spacial score (nSPS) is 27.4. The number of aliphatic hydroxyl groups excluding tert-OH is 1. The van der Waals surface area contributed by atoms with Crippen LogP contribution in [0.5, 0.6) is 0 Å². The fourth-order valence-electron chi connectivity index (χ4n) is 12.4. The molecule has 13 atom stereocenters. The van der Waals surface area contributed by atoms with Crippen LogP contribution in [0.3, 0.4) is 0 Å². The van der Waals surface area contributed by atoms with Gasteiger partial charge in [0.15, 0.2) is 5.37 Å². The predicted molar refractivity (Wildman–Crippen MR) is 376 cm³/mol. The van der Waals surface area contributed by atoms with Gasteiger partial charge in [-0.2, -0.15) is 0 Å². The highest BCUT2D eigenvalue weighted by Crippen LogP contribution is 2.45. The third kappa shape index (κ3) is 23.1. The van der Waals surface area contributed by atoms with Gasteiger partial charge < -0.3 is 65.8 Å². The molecule has 2 unspecified atom stereocenters. The maximum atomic E-state index is 15.6. The zero-order valence-corrected chi connectivity index (χ0v) is 64.2. The Kier molecular flexibility index (Phi) is 33.6. The summed E-state index contributed by atoms with van der Waals surface area (Å²) in [5, 5.41) is 33.6. The van der Waals surface area contributed by atoms with Crippen LogP contribution in [0.2, 0.25) is 0 Å². The van der Waals surface area contributed by atoms with Crippen LogP contribution in [-0.2, 0) is 52.7 Å². The van der Waals surface area contributed by atoms with Crippen LogP contribution in [0.1, 0.15) is 183 Å². The number of amides is 11. The summed E-state index contributed by atoms with van der Waals surface area (Å²) in [6.45, 7) is 33.1. The number of allylic oxidation sites excluding steroid dienone is 2. The zero-order chi connectivity index (χ0) is 74.3. The van der Waals surface area contributed by atoms with Gasteiger partial charge in [0.25, 0.3) is 5.91 Å². The van der Waals surface area contributed by atoms with E-state index in [1.54, 1.807) is 54.5 Å². The maximum absolute atomic E-state index is 15.6. The van der Waals surface area contributed by atoms with Gasteiger partial charge >= 0.3 is 0 Å². The van der Waals surface area contributed by atoms with Crippen LogP contribution in [0.4, 0.5) is 0 Å². The van der Waals surface area contributed by atoms with Crippen LogP contribution in [0, 0.1) is 35.5 Å². The molecule has 0 radical (unpaired) electrons. The van der Waals surface area contributed by atoms with Crippen molar-refractivity contribution in [3.8, 4) is 0 Å². The highest BCUT2D eigenvalue weighted by Gasteiger charge is 2.51. The largest absolute Gasteiger partial charge is 0.390 e. The van der Waals surface area contributed by atoms with Gasteiger partial charge in [-0.25, -0.2) is 0 Å². The van der Waals surface area contributed by atoms with E-state index < -0.39 is 160 Å². The molecule has 25 nitrogen and oxygen atoms in total. The summed E-state index contributed by atoms with van der Waals surface area (Å²) in [5.41, 5.74) is -1.95. The van der Waals surface area contributed by atoms with Crippen LogP contribution in [-0.4, -0.2) is 266 Å². The molecule has 1 heterocycles. The Morgan fingerprint density at radius 1 is 0.542 bits per heavy atom. The van der Waals surface area contributed by atoms with Crippen molar-refractivity contribution in [1.82, 2.24) is 60.5 Å². The molecule has 0 bridgehead atoms. The minimum absolute atomic E-state index is 0.0299. The Balaban J connectivity index is 3.17. The molecule has 0 aromatic heterocycles. The second kappa shape index (κ2) is 37.4. The van der Waals surface area contributed by atoms with Crippen molar-refractivity contribution >= 4 is 76.7 Å². The van der Waals surface area contributed by atoms with Crippen molar-refractivity contribution < 1.29 is 63.0 Å². The van der Waals surface area contributed by atoms with Gasteiger partial charge in [-0.15, -0.1) is 11.8 Å². The molecule has 1 aliphatic heterocycles. The summed E-state index contributed by atoms with van der Waals surface area (Å²) in [6, 6.07) is -13.0. The molecule has 11 amide bonds. The van der Waals surface area contributed by atoms with E-state index in [1.807, 2.05) is 54.7 Å². The molecular formula is C70H126N12O13S. The Labute approximate surface area is 579 Å². The molecule has 26 heteroatoms. The summed E-state index contributed by atoms with van der Waals surface area (Å²) in [6.07, 6.45) is 3.95. The van der Waals surface area contributed by atoms with Crippen molar-refractivity contribution in [2.45, 2.75) is 272 Å². The molecule has 0 aromatic carbocycles. The number of thioether (sulfide) groups is 1. The molecule has 0 spiro atoms. The monoisotopic (exact) mass is 1370 g/mol. The van der Waals surface area contributed by atoms with Gasteiger partial charge in [-0.1, -0.05) is 95.2 Å². The van der Waals surface area contributed by atoms with Gasteiger partial charge in [0, 0.05) is 73.1 Å². The fraction of sp³-hybridized carbons (Fsp3) is 0.814. The van der Waals surface area contributed by atoms with Crippen LogP contribution >= 0.6 is 11.8 Å². The Bertz CT molecular complexity index is 2700. The molecule has 0 aromatic rings. The average Bonchev–Trinajstić information content (AvgIpc) is 1.60. The van der Waals surface area contributed by atoms with Crippen LogP contribution in [0.25, 0.3) is 0 Å². The molecule has 6 N–H and O–H groups in total. The summed E-state index contributed by atoms with van der Waals surface area (Å²) < 4.78 is 0. The average molecular weight is 1380 g/mol. The first-order valence-corrected chi connectivity index (χ1v) is 35.7. The highest BCUT2D eigenvalue weighted by molar-refractivity contribution is 8.00. The number of hydrogen-bond donors (Lipinski definition) is 6. The SMILES string of the molecule is CC=CC[C@@H](C)[C@@H](O)C1C(=O)N[C@H](CC)C(=O)N(C)C(SCC2(N(C)C(C)C)CC2)C(=O)N(C)[C@@H](CC(C)(C)O)C(=O)N[C@H](C(C)C)C(=O)N(C)[C@H](CC(C)C)C(=O)N[C@H](C)C(=O)N[C@@H](C)C(=O)N(C)[C@H](CC(C)C)C(=O)N(C)[C@H](CC(C)C)C(=O)N(C)[C@H](C(C)C)C(=O)N1C. The van der Waals surface area contributed by atoms with Crippen LogP contribution < -0.4 is 21.3 Å².